The van der Waals surface area contributed by atoms with E-state index in [9.17, 15) is 13.2 Å². The molecule has 6 nitrogen and oxygen atoms in total. The second kappa shape index (κ2) is 6.88. The van der Waals surface area contributed by atoms with Crippen molar-refractivity contribution < 1.29 is 17.9 Å². The maximum Gasteiger partial charge on any atom is 0.251 e. The quantitative estimate of drug-likeness (QED) is 0.841. The third-order valence-corrected chi connectivity index (χ3v) is 5.06. The van der Waals surface area contributed by atoms with Crippen molar-refractivity contribution >= 4 is 21.6 Å². The fraction of sp³-hybridized carbons (Fsp3) is 0.350. The Balaban J connectivity index is 1.82. The van der Waals surface area contributed by atoms with Gasteiger partial charge >= 0.3 is 0 Å². The van der Waals surface area contributed by atoms with Crippen LogP contribution in [0.3, 0.4) is 0 Å². The van der Waals surface area contributed by atoms with Crippen molar-refractivity contribution in [1.29, 1.82) is 0 Å². The van der Waals surface area contributed by atoms with Crippen molar-refractivity contribution in [2.75, 3.05) is 11.0 Å². The van der Waals surface area contributed by atoms with E-state index in [1.165, 1.54) is 0 Å². The molecule has 0 bridgehead atoms. The number of carbonyl (C=O) groups is 1. The summed E-state index contributed by atoms with van der Waals surface area (Å²) in [6.45, 7) is 5.76. The van der Waals surface area contributed by atoms with Gasteiger partial charge in [0.2, 0.25) is 10.0 Å². The minimum absolute atomic E-state index is 0.161. The highest BCUT2D eigenvalue weighted by Gasteiger charge is 2.34. The van der Waals surface area contributed by atoms with Gasteiger partial charge in [-0.3, -0.25) is 9.52 Å². The monoisotopic (exact) mass is 388 g/mol. The lowest BCUT2D eigenvalue weighted by Crippen LogP contribution is -2.41. The smallest absolute Gasteiger partial charge is 0.251 e. The molecule has 0 spiro atoms. The summed E-state index contributed by atoms with van der Waals surface area (Å²) in [4.78, 5) is 12.8. The van der Waals surface area contributed by atoms with Gasteiger partial charge < -0.3 is 10.1 Å². The van der Waals surface area contributed by atoms with Crippen molar-refractivity contribution in [3.8, 4) is 5.75 Å². The molecule has 1 aliphatic rings. The van der Waals surface area contributed by atoms with Crippen LogP contribution in [0.1, 0.15) is 47.8 Å². The lowest BCUT2D eigenvalue weighted by molar-refractivity contribution is 0.0619. The van der Waals surface area contributed by atoms with E-state index in [-0.39, 0.29) is 17.6 Å². The minimum Gasteiger partial charge on any atom is -0.487 e. The van der Waals surface area contributed by atoms with Crippen molar-refractivity contribution in [3.05, 3.63) is 59.2 Å². The number of hydrogen-bond donors (Lipinski definition) is 2. The third-order valence-electron chi connectivity index (χ3n) is 4.47. The molecule has 1 atom stereocenters. The number of hydrogen-bond acceptors (Lipinski definition) is 4. The van der Waals surface area contributed by atoms with E-state index in [0.29, 0.717) is 23.2 Å². The predicted molar refractivity (Wildman–Crippen MR) is 106 cm³/mol. The van der Waals surface area contributed by atoms with Crippen LogP contribution in [0.25, 0.3) is 0 Å². The van der Waals surface area contributed by atoms with Gasteiger partial charge in [0.25, 0.3) is 5.91 Å². The molecule has 0 fully saturated rings. The molecule has 0 radical (unpaired) electrons. The topological polar surface area (TPSA) is 84.5 Å². The van der Waals surface area contributed by atoms with Gasteiger partial charge in [-0.1, -0.05) is 18.2 Å². The molecule has 2 N–H and O–H groups in total. The van der Waals surface area contributed by atoms with Gasteiger partial charge in [-0.15, -0.1) is 0 Å². The fourth-order valence-corrected chi connectivity index (χ4v) is 3.92. The molecule has 0 saturated carbocycles. The fourth-order valence-electron chi connectivity index (χ4n) is 3.29. The highest BCUT2D eigenvalue weighted by Crippen LogP contribution is 2.39. The van der Waals surface area contributed by atoms with Crippen LogP contribution in [-0.2, 0) is 10.0 Å². The molecule has 27 heavy (non-hydrogen) atoms. The van der Waals surface area contributed by atoms with Crippen LogP contribution in [0.5, 0.6) is 5.75 Å². The number of anilines is 1. The zero-order valence-corrected chi connectivity index (χ0v) is 16.7. The maximum absolute atomic E-state index is 12.8. The molecule has 1 aliphatic heterocycles. The number of fused-ring (bicyclic) bond motifs is 1. The summed E-state index contributed by atoms with van der Waals surface area (Å²) in [7, 11) is -3.37. The molecule has 1 heterocycles. The highest BCUT2D eigenvalue weighted by atomic mass is 32.2. The minimum atomic E-state index is -3.37. The Morgan fingerprint density at radius 3 is 2.56 bits per heavy atom. The zero-order chi connectivity index (χ0) is 19.8. The van der Waals surface area contributed by atoms with Crippen molar-refractivity contribution in [3.63, 3.8) is 0 Å². The van der Waals surface area contributed by atoms with Gasteiger partial charge in [0, 0.05) is 17.5 Å². The Bertz CT molecular complexity index is 983. The van der Waals surface area contributed by atoms with Crippen LogP contribution in [0.4, 0.5) is 5.69 Å². The van der Waals surface area contributed by atoms with Crippen LogP contribution < -0.4 is 14.8 Å². The van der Waals surface area contributed by atoms with Gasteiger partial charge in [-0.05, 0) is 50.6 Å². The average Bonchev–Trinajstić information content (AvgIpc) is 2.54. The van der Waals surface area contributed by atoms with E-state index in [1.54, 1.807) is 25.1 Å². The molecule has 7 heteroatoms. The van der Waals surface area contributed by atoms with E-state index in [1.807, 2.05) is 38.1 Å². The van der Waals surface area contributed by atoms with Crippen LogP contribution in [0, 0.1) is 6.92 Å². The average molecular weight is 388 g/mol. The number of ether oxygens (including phenoxy) is 1. The Morgan fingerprint density at radius 1 is 1.19 bits per heavy atom. The lowest BCUT2D eigenvalue weighted by Gasteiger charge is -2.37. The van der Waals surface area contributed by atoms with E-state index >= 15 is 0 Å². The number of aryl methyl sites for hydroxylation is 1. The van der Waals surface area contributed by atoms with Crippen LogP contribution in [0.2, 0.25) is 0 Å². The summed E-state index contributed by atoms with van der Waals surface area (Å²) in [5, 5.41) is 3.08. The molecular weight excluding hydrogens is 364 g/mol. The maximum atomic E-state index is 12.8. The number of carbonyl (C=O) groups excluding carboxylic acids is 1. The second-order valence-electron chi connectivity index (χ2n) is 7.53. The molecule has 2 aromatic rings. The summed E-state index contributed by atoms with van der Waals surface area (Å²) < 4.78 is 31.3. The standard InChI is InChI=1S/C20H24N2O4S/c1-13-11-14(9-10-16(13)22-27(4,24)25)19(23)21-17-12-20(2,3)26-18-8-6-5-7-15(17)18/h5-11,17,22H,12H2,1-4H3,(H,21,23)/t17-/m0/s1. The van der Waals surface area contributed by atoms with Gasteiger partial charge in [0.1, 0.15) is 11.4 Å². The molecule has 1 amide bonds. The number of rotatable bonds is 4. The normalized spacial score (nSPS) is 18.1. The molecule has 0 aliphatic carbocycles. The highest BCUT2D eigenvalue weighted by molar-refractivity contribution is 7.92. The zero-order valence-electron chi connectivity index (χ0n) is 15.9. The largest absolute Gasteiger partial charge is 0.487 e. The van der Waals surface area contributed by atoms with E-state index < -0.39 is 10.0 Å². The van der Waals surface area contributed by atoms with Gasteiger partial charge in [0.15, 0.2) is 0 Å². The third kappa shape index (κ3) is 4.60. The number of para-hydroxylation sites is 1. The second-order valence-corrected chi connectivity index (χ2v) is 9.28. The molecule has 144 valence electrons. The van der Waals surface area contributed by atoms with Gasteiger partial charge in [-0.25, -0.2) is 8.42 Å². The summed E-state index contributed by atoms with van der Waals surface area (Å²) in [6, 6.07) is 12.4. The van der Waals surface area contributed by atoms with E-state index in [0.717, 1.165) is 17.6 Å². The van der Waals surface area contributed by atoms with Crippen molar-refractivity contribution in [2.24, 2.45) is 0 Å². The first kappa shape index (κ1) is 19.2. The van der Waals surface area contributed by atoms with Crippen molar-refractivity contribution in [1.82, 2.24) is 5.32 Å². The molecule has 0 aromatic heterocycles. The number of benzene rings is 2. The summed E-state index contributed by atoms with van der Waals surface area (Å²) in [5.41, 5.74) is 2.20. The molecule has 0 unspecified atom stereocenters. The molecule has 0 saturated heterocycles. The molecule has 2 aromatic carbocycles. The summed E-state index contributed by atoms with van der Waals surface area (Å²) in [6.07, 6.45) is 1.75. The molecule has 3 rings (SSSR count). The van der Waals surface area contributed by atoms with E-state index in [2.05, 4.69) is 10.0 Å². The summed E-state index contributed by atoms with van der Waals surface area (Å²) >= 11 is 0. The lowest BCUT2D eigenvalue weighted by atomic mass is 9.89. The first-order valence-electron chi connectivity index (χ1n) is 8.71. The SMILES string of the molecule is Cc1cc(C(=O)N[C@H]2CC(C)(C)Oc3ccccc32)ccc1NS(C)(=O)=O. The Morgan fingerprint density at radius 2 is 1.89 bits per heavy atom. The first-order chi connectivity index (χ1) is 12.5. The summed E-state index contributed by atoms with van der Waals surface area (Å²) in [5.74, 6) is 0.574. The molecular formula is C20H24N2O4S. The Kier molecular flexibility index (Phi) is 4.90. The Hall–Kier alpha value is -2.54. The van der Waals surface area contributed by atoms with Gasteiger partial charge in [0.05, 0.1) is 18.0 Å². The number of nitrogens with one attached hydrogen (secondary N) is 2. The van der Waals surface area contributed by atoms with Crippen LogP contribution >= 0.6 is 0 Å². The predicted octanol–water partition coefficient (Wildman–Crippen LogP) is 3.40. The van der Waals surface area contributed by atoms with Crippen molar-refractivity contribution in [2.45, 2.75) is 38.8 Å². The number of sulfonamides is 1. The van der Waals surface area contributed by atoms with E-state index in [4.69, 9.17) is 4.74 Å². The van der Waals surface area contributed by atoms with Crippen LogP contribution in [-0.4, -0.2) is 26.2 Å². The Labute approximate surface area is 160 Å². The first-order valence-corrected chi connectivity index (χ1v) is 10.6. The van der Waals surface area contributed by atoms with Gasteiger partial charge in [-0.2, -0.15) is 0 Å². The number of amides is 1. The van der Waals surface area contributed by atoms with Crippen LogP contribution in [0.15, 0.2) is 42.5 Å².